The summed E-state index contributed by atoms with van der Waals surface area (Å²) in [6, 6.07) is 2.18. The summed E-state index contributed by atoms with van der Waals surface area (Å²) in [7, 11) is 1.43. The molecular formula is C15H22ClN3O3. The van der Waals surface area contributed by atoms with Gasteiger partial charge in [-0.25, -0.2) is 0 Å². The Bertz CT molecular complexity index is 582. The third kappa shape index (κ3) is 4.80. The molecule has 0 radical (unpaired) electrons. The van der Waals surface area contributed by atoms with Crippen LogP contribution < -0.4 is 21.1 Å². The summed E-state index contributed by atoms with van der Waals surface area (Å²) in [5.41, 5.74) is 5.83. The quantitative estimate of drug-likeness (QED) is 0.737. The van der Waals surface area contributed by atoms with Gasteiger partial charge in [-0.15, -0.1) is 0 Å². The van der Waals surface area contributed by atoms with Gasteiger partial charge >= 0.3 is 0 Å². The number of nitrogens with two attached hydrogens (primary N) is 1. The predicted octanol–water partition coefficient (Wildman–Crippen LogP) is 1.96. The van der Waals surface area contributed by atoms with Crippen molar-refractivity contribution in [3.8, 4) is 5.75 Å². The minimum atomic E-state index is -0.701. The number of carbonyl (C=O) groups excluding carboxylic acids is 2. The Hall–Kier alpha value is -1.95. The first-order valence-corrected chi connectivity index (χ1v) is 7.19. The van der Waals surface area contributed by atoms with Crippen LogP contribution in [0, 0.1) is 0 Å². The smallest absolute Gasteiger partial charge is 0.255 e. The van der Waals surface area contributed by atoms with E-state index in [0.29, 0.717) is 11.4 Å². The van der Waals surface area contributed by atoms with E-state index >= 15 is 0 Å². The van der Waals surface area contributed by atoms with E-state index < -0.39 is 11.9 Å². The average molecular weight is 328 g/mol. The fourth-order valence-electron chi connectivity index (χ4n) is 1.73. The maximum absolute atomic E-state index is 12.3. The largest absolute Gasteiger partial charge is 0.496 e. The van der Waals surface area contributed by atoms with E-state index in [4.69, 9.17) is 22.1 Å². The SMILES string of the molecule is COc1cc(N)c(Cl)cc1C(=O)NC(C)C(=O)NC(C)(C)C. The zero-order chi connectivity index (χ0) is 17.1. The van der Waals surface area contributed by atoms with Crippen LogP contribution in [-0.4, -0.2) is 30.5 Å². The maximum atomic E-state index is 12.3. The Kier molecular flexibility index (Phi) is 5.65. The first-order valence-electron chi connectivity index (χ1n) is 6.81. The van der Waals surface area contributed by atoms with Crippen LogP contribution in [0.2, 0.25) is 5.02 Å². The standard InChI is InChI=1S/C15H22ClN3O3/c1-8(13(20)19-15(2,3)4)18-14(21)9-6-10(16)11(17)7-12(9)22-5/h6-8H,17H2,1-5H3,(H,18,21)(H,19,20). The molecule has 7 heteroatoms. The molecule has 0 aromatic heterocycles. The zero-order valence-electron chi connectivity index (χ0n) is 13.4. The molecule has 1 rings (SSSR count). The lowest BCUT2D eigenvalue weighted by molar-refractivity contribution is -0.124. The fourth-order valence-corrected chi connectivity index (χ4v) is 1.90. The first-order chi connectivity index (χ1) is 10.0. The third-order valence-electron chi connectivity index (χ3n) is 2.80. The van der Waals surface area contributed by atoms with E-state index in [-0.39, 0.29) is 22.0 Å². The van der Waals surface area contributed by atoms with Crippen LogP contribution in [0.4, 0.5) is 5.69 Å². The second-order valence-electron chi connectivity index (χ2n) is 6.01. The molecule has 0 fully saturated rings. The number of carbonyl (C=O) groups is 2. The Labute approximate surface area is 135 Å². The van der Waals surface area contributed by atoms with Crippen LogP contribution in [-0.2, 0) is 4.79 Å². The predicted molar refractivity (Wildman–Crippen MR) is 87.2 cm³/mol. The van der Waals surface area contributed by atoms with Crippen LogP contribution in [0.3, 0.4) is 0 Å². The lowest BCUT2D eigenvalue weighted by atomic mass is 10.1. The van der Waals surface area contributed by atoms with E-state index in [9.17, 15) is 9.59 Å². The van der Waals surface area contributed by atoms with Crippen molar-refractivity contribution >= 4 is 29.1 Å². The molecule has 1 aromatic carbocycles. The van der Waals surface area contributed by atoms with E-state index in [1.165, 1.54) is 19.2 Å². The van der Waals surface area contributed by atoms with Crippen molar-refractivity contribution in [3.05, 3.63) is 22.7 Å². The molecule has 6 nitrogen and oxygen atoms in total. The van der Waals surface area contributed by atoms with Crippen molar-refractivity contribution in [1.82, 2.24) is 10.6 Å². The Morgan fingerprint density at radius 2 is 1.91 bits per heavy atom. The van der Waals surface area contributed by atoms with E-state index in [0.717, 1.165) is 0 Å². The molecule has 1 unspecified atom stereocenters. The van der Waals surface area contributed by atoms with Crippen LogP contribution in [0.1, 0.15) is 38.1 Å². The summed E-state index contributed by atoms with van der Waals surface area (Å²) in [6.07, 6.45) is 0. The molecule has 1 aromatic rings. The Morgan fingerprint density at radius 1 is 1.32 bits per heavy atom. The lowest BCUT2D eigenvalue weighted by Gasteiger charge is -2.24. The molecule has 122 valence electrons. The number of anilines is 1. The molecule has 4 N–H and O–H groups in total. The van der Waals surface area contributed by atoms with E-state index in [1.54, 1.807) is 6.92 Å². The highest BCUT2D eigenvalue weighted by Crippen LogP contribution is 2.28. The van der Waals surface area contributed by atoms with Gasteiger partial charge in [0.1, 0.15) is 11.8 Å². The number of benzene rings is 1. The molecule has 22 heavy (non-hydrogen) atoms. The van der Waals surface area contributed by atoms with Gasteiger partial charge in [0.05, 0.1) is 23.4 Å². The summed E-state index contributed by atoms with van der Waals surface area (Å²) >= 11 is 5.93. The lowest BCUT2D eigenvalue weighted by Crippen LogP contribution is -2.50. The fraction of sp³-hybridized carbons (Fsp3) is 0.467. The molecule has 0 saturated carbocycles. The van der Waals surface area contributed by atoms with Gasteiger partial charge < -0.3 is 21.1 Å². The van der Waals surface area contributed by atoms with Gasteiger partial charge in [-0.3, -0.25) is 9.59 Å². The number of methoxy groups -OCH3 is 1. The summed E-state index contributed by atoms with van der Waals surface area (Å²) in [5.74, 6) is -0.445. The Balaban J connectivity index is 2.89. The number of hydrogen-bond acceptors (Lipinski definition) is 4. The molecule has 0 saturated heterocycles. The molecular weight excluding hydrogens is 306 g/mol. The average Bonchev–Trinajstić information content (AvgIpc) is 2.39. The summed E-state index contributed by atoms with van der Waals surface area (Å²) in [5, 5.41) is 5.65. The number of nitrogen functional groups attached to an aromatic ring is 1. The van der Waals surface area contributed by atoms with E-state index in [1.807, 2.05) is 20.8 Å². The molecule has 0 bridgehead atoms. The topological polar surface area (TPSA) is 93.4 Å². The van der Waals surface area contributed by atoms with Crippen molar-refractivity contribution < 1.29 is 14.3 Å². The maximum Gasteiger partial charge on any atom is 0.255 e. The number of halogens is 1. The van der Waals surface area contributed by atoms with Crippen LogP contribution in [0.25, 0.3) is 0 Å². The van der Waals surface area contributed by atoms with Gasteiger partial charge in [-0.2, -0.15) is 0 Å². The minimum absolute atomic E-state index is 0.220. The van der Waals surface area contributed by atoms with Crippen molar-refractivity contribution in [2.75, 3.05) is 12.8 Å². The number of amides is 2. The summed E-state index contributed by atoms with van der Waals surface area (Å²) in [6.45, 7) is 7.19. The number of nitrogens with one attached hydrogen (secondary N) is 2. The van der Waals surface area contributed by atoms with Gasteiger partial charge in [-0.05, 0) is 33.8 Å². The Morgan fingerprint density at radius 3 is 2.41 bits per heavy atom. The van der Waals surface area contributed by atoms with Gasteiger partial charge in [0.2, 0.25) is 5.91 Å². The highest BCUT2D eigenvalue weighted by molar-refractivity contribution is 6.33. The van der Waals surface area contributed by atoms with Crippen molar-refractivity contribution in [2.45, 2.75) is 39.3 Å². The molecule has 0 spiro atoms. The monoisotopic (exact) mass is 327 g/mol. The van der Waals surface area contributed by atoms with Gasteiger partial charge in [-0.1, -0.05) is 11.6 Å². The minimum Gasteiger partial charge on any atom is -0.496 e. The second-order valence-corrected chi connectivity index (χ2v) is 6.42. The van der Waals surface area contributed by atoms with Gasteiger partial charge in [0.25, 0.3) is 5.91 Å². The molecule has 0 aliphatic rings. The van der Waals surface area contributed by atoms with Crippen LogP contribution in [0.5, 0.6) is 5.75 Å². The van der Waals surface area contributed by atoms with Crippen LogP contribution in [0.15, 0.2) is 12.1 Å². The normalized spacial score (nSPS) is 12.5. The zero-order valence-corrected chi connectivity index (χ0v) is 14.2. The number of ether oxygens (including phenoxy) is 1. The third-order valence-corrected chi connectivity index (χ3v) is 3.13. The summed E-state index contributed by atoms with van der Waals surface area (Å²) < 4.78 is 5.12. The number of hydrogen-bond donors (Lipinski definition) is 3. The van der Waals surface area contributed by atoms with E-state index in [2.05, 4.69) is 10.6 Å². The van der Waals surface area contributed by atoms with Crippen molar-refractivity contribution in [1.29, 1.82) is 0 Å². The molecule has 1 atom stereocenters. The molecule has 0 aliphatic heterocycles. The highest BCUT2D eigenvalue weighted by Gasteiger charge is 2.23. The van der Waals surface area contributed by atoms with Gasteiger partial charge in [0.15, 0.2) is 0 Å². The first kappa shape index (κ1) is 18.1. The van der Waals surface area contributed by atoms with Crippen molar-refractivity contribution in [3.63, 3.8) is 0 Å². The molecule has 0 heterocycles. The highest BCUT2D eigenvalue weighted by atomic mass is 35.5. The molecule has 0 aliphatic carbocycles. The van der Waals surface area contributed by atoms with Gasteiger partial charge in [0, 0.05) is 11.6 Å². The summed E-state index contributed by atoms with van der Waals surface area (Å²) in [4.78, 5) is 24.3. The van der Waals surface area contributed by atoms with Crippen molar-refractivity contribution in [2.24, 2.45) is 0 Å². The molecule has 2 amide bonds. The number of rotatable bonds is 4. The second kappa shape index (κ2) is 6.87. The van der Waals surface area contributed by atoms with Crippen LogP contribution >= 0.6 is 11.6 Å².